The van der Waals surface area contributed by atoms with E-state index in [9.17, 15) is 9.59 Å². The molecule has 0 radical (unpaired) electrons. The lowest BCUT2D eigenvalue weighted by Gasteiger charge is -2.27. The molecule has 2 amide bonds. The molecular formula is C12H20N4O2S. The van der Waals surface area contributed by atoms with E-state index >= 15 is 0 Å². The molecule has 4 N–H and O–H groups in total. The van der Waals surface area contributed by atoms with Gasteiger partial charge >= 0.3 is 0 Å². The zero-order valence-corrected chi connectivity index (χ0v) is 12.3. The van der Waals surface area contributed by atoms with Crippen LogP contribution in [0.2, 0.25) is 0 Å². The van der Waals surface area contributed by atoms with Gasteiger partial charge in [0.05, 0.1) is 18.6 Å². The third-order valence-corrected chi connectivity index (χ3v) is 4.07. The molecule has 1 heterocycles. The van der Waals surface area contributed by atoms with Crippen LogP contribution in [0.3, 0.4) is 0 Å². The van der Waals surface area contributed by atoms with E-state index in [0.717, 1.165) is 17.1 Å². The zero-order chi connectivity index (χ0) is 14.5. The molecule has 19 heavy (non-hydrogen) atoms. The summed E-state index contributed by atoms with van der Waals surface area (Å²) in [5.41, 5.74) is 5.58. The van der Waals surface area contributed by atoms with Gasteiger partial charge in [0.1, 0.15) is 5.01 Å². The predicted molar refractivity (Wildman–Crippen MR) is 74.7 cm³/mol. The van der Waals surface area contributed by atoms with Crippen LogP contribution in [-0.2, 0) is 15.1 Å². The van der Waals surface area contributed by atoms with Gasteiger partial charge in [-0.1, -0.05) is 6.92 Å². The fourth-order valence-corrected chi connectivity index (χ4v) is 2.49. The average molecular weight is 284 g/mol. The third-order valence-electron chi connectivity index (χ3n) is 2.84. The highest BCUT2D eigenvalue weighted by molar-refractivity contribution is 7.09. The van der Waals surface area contributed by atoms with Crippen molar-refractivity contribution >= 4 is 23.2 Å². The molecule has 1 aromatic rings. The number of rotatable bonds is 6. The van der Waals surface area contributed by atoms with Gasteiger partial charge in [0, 0.05) is 11.1 Å². The summed E-state index contributed by atoms with van der Waals surface area (Å²) in [5, 5.41) is 8.16. The zero-order valence-electron chi connectivity index (χ0n) is 11.4. The van der Waals surface area contributed by atoms with E-state index in [1.807, 2.05) is 26.2 Å². The minimum atomic E-state index is -0.510. The smallest absolute Gasteiger partial charge is 0.240 e. The van der Waals surface area contributed by atoms with E-state index in [1.54, 1.807) is 0 Å². The summed E-state index contributed by atoms with van der Waals surface area (Å²) < 4.78 is 0. The van der Waals surface area contributed by atoms with Gasteiger partial charge in [-0.3, -0.25) is 9.59 Å². The van der Waals surface area contributed by atoms with Crippen LogP contribution in [0.1, 0.15) is 31.0 Å². The second-order valence-electron chi connectivity index (χ2n) is 4.51. The quantitative estimate of drug-likeness (QED) is 0.698. The van der Waals surface area contributed by atoms with Crippen LogP contribution in [-0.4, -0.2) is 29.9 Å². The molecular weight excluding hydrogens is 264 g/mol. The van der Waals surface area contributed by atoms with Crippen LogP contribution in [0.4, 0.5) is 0 Å². The van der Waals surface area contributed by atoms with Crippen molar-refractivity contribution < 1.29 is 9.59 Å². The molecule has 106 valence electrons. The highest BCUT2D eigenvalue weighted by Crippen LogP contribution is 2.27. The van der Waals surface area contributed by atoms with Crippen molar-refractivity contribution in [1.29, 1.82) is 0 Å². The molecule has 0 saturated heterocycles. The molecule has 0 aliphatic rings. The van der Waals surface area contributed by atoms with Crippen LogP contribution in [0, 0.1) is 6.92 Å². The number of carbonyl (C=O) groups excluding carboxylic acids is 2. The molecule has 1 unspecified atom stereocenters. The standard InChI is InChI=1S/C12H20N4O2S/c1-4-12(3,11-15-8(2)7-19-11)16-10(18)6-14-9(17)5-13/h7H,4-6,13H2,1-3H3,(H,14,17)(H,16,18). The Labute approximate surface area is 116 Å². The molecule has 0 aliphatic heterocycles. The predicted octanol–water partition coefficient (Wildman–Crippen LogP) is 0.268. The maximum atomic E-state index is 11.8. The van der Waals surface area contributed by atoms with Crippen molar-refractivity contribution in [3.63, 3.8) is 0 Å². The molecule has 0 spiro atoms. The lowest BCUT2D eigenvalue weighted by Crippen LogP contribution is -2.48. The van der Waals surface area contributed by atoms with Gasteiger partial charge in [-0.05, 0) is 20.3 Å². The molecule has 0 aromatic carbocycles. The summed E-state index contributed by atoms with van der Waals surface area (Å²) in [6, 6.07) is 0. The van der Waals surface area contributed by atoms with E-state index in [2.05, 4.69) is 15.6 Å². The van der Waals surface area contributed by atoms with Gasteiger partial charge in [0.15, 0.2) is 0 Å². The second-order valence-corrected chi connectivity index (χ2v) is 5.37. The first-order valence-corrected chi connectivity index (χ1v) is 6.99. The largest absolute Gasteiger partial charge is 0.346 e. The fourth-order valence-electron chi connectivity index (χ4n) is 1.50. The van der Waals surface area contributed by atoms with E-state index < -0.39 is 5.54 Å². The van der Waals surface area contributed by atoms with Crippen LogP contribution in [0.15, 0.2) is 5.38 Å². The number of carbonyl (C=O) groups is 2. The first-order chi connectivity index (χ1) is 8.91. The Morgan fingerprint density at radius 2 is 2.16 bits per heavy atom. The Hall–Kier alpha value is -1.47. The van der Waals surface area contributed by atoms with E-state index in [0.29, 0.717) is 0 Å². The lowest BCUT2D eigenvalue weighted by molar-refractivity contribution is -0.126. The number of hydrogen-bond donors (Lipinski definition) is 3. The highest BCUT2D eigenvalue weighted by Gasteiger charge is 2.29. The van der Waals surface area contributed by atoms with Gasteiger partial charge in [-0.25, -0.2) is 4.98 Å². The monoisotopic (exact) mass is 284 g/mol. The van der Waals surface area contributed by atoms with Crippen molar-refractivity contribution in [2.75, 3.05) is 13.1 Å². The van der Waals surface area contributed by atoms with Crippen LogP contribution >= 0.6 is 11.3 Å². The Kier molecular flexibility index (Phi) is 5.44. The van der Waals surface area contributed by atoms with Crippen LogP contribution in [0.25, 0.3) is 0 Å². The summed E-state index contributed by atoms with van der Waals surface area (Å²) in [7, 11) is 0. The maximum absolute atomic E-state index is 11.8. The highest BCUT2D eigenvalue weighted by atomic mass is 32.1. The number of amides is 2. The Morgan fingerprint density at radius 3 is 2.63 bits per heavy atom. The molecule has 1 aromatic heterocycles. The molecule has 6 nitrogen and oxygen atoms in total. The summed E-state index contributed by atoms with van der Waals surface area (Å²) >= 11 is 1.52. The summed E-state index contributed by atoms with van der Waals surface area (Å²) in [6.45, 7) is 5.63. The number of aryl methyl sites for hydroxylation is 1. The third kappa shape index (κ3) is 4.29. The first-order valence-electron chi connectivity index (χ1n) is 6.11. The molecule has 0 bridgehead atoms. The summed E-state index contributed by atoms with van der Waals surface area (Å²) in [4.78, 5) is 27.2. The van der Waals surface area contributed by atoms with Crippen LogP contribution in [0.5, 0.6) is 0 Å². The van der Waals surface area contributed by atoms with E-state index in [4.69, 9.17) is 5.73 Å². The van der Waals surface area contributed by atoms with Crippen molar-refractivity contribution in [2.24, 2.45) is 5.73 Å². The summed E-state index contributed by atoms with van der Waals surface area (Å²) in [6.07, 6.45) is 0.719. The van der Waals surface area contributed by atoms with E-state index in [1.165, 1.54) is 11.3 Å². The first kappa shape index (κ1) is 15.6. The number of hydrogen-bond acceptors (Lipinski definition) is 5. The molecule has 1 rings (SSSR count). The van der Waals surface area contributed by atoms with Crippen molar-refractivity contribution in [3.05, 3.63) is 16.1 Å². The molecule has 0 aliphatic carbocycles. The van der Waals surface area contributed by atoms with Gasteiger partial charge < -0.3 is 16.4 Å². The van der Waals surface area contributed by atoms with Crippen LogP contribution < -0.4 is 16.4 Å². The van der Waals surface area contributed by atoms with Gasteiger partial charge in [-0.2, -0.15) is 0 Å². The van der Waals surface area contributed by atoms with E-state index in [-0.39, 0.29) is 24.9 Å². The topological polar surface area (TPSA) is 97.1 Å². The fraction of sp³-hybridized carbons (Fsp3) is 0.583. The molecule has 1 atom stereocenters. The van der Waals surface area contributed by atoms with Gasteiger partial charge in [0.2, 0.25) is 11.8 Å². The Morgan fingerprint density at radius 1 is 1.47 bits per heavy atom. The number of nitrogens with one attached hydrogen (secondary N) is 2. The van der Waals surface area contributed by atoms with Crippen molar-refractivity contribution in [2.45, 2.75) is 32.7 Å². The lowest BCUT2D eigenvalue weighted by atomic mass is 10.00. The van der Waals surface area contributed by atoms with Crippen molar-refractivity contribution in [3.8, 4) is 0 Å². The van der Waals surface area contributed by atoms with Gasteiger partial charge in [-0.15, -0.1) is 11.3 Å². The van der Waals surface area contributed by atoms with Gasteiger partial charge in [0.25, 0.3) is 0 Å². The Bertz CT molecular complexity index is 460. The second kappa shape index (κ2) is 6.63. The number of thiazole rings is 1. The number of aromatic nitrogens is 1. The minimum absolute atomic E-state index is 0.0734. The molecule has 0 fully saturated rings. The number of nitrogens with two attached hydrogens (primary N) is 1. The minimum Gasteiger partial charge on any atom is -0.346 e. The SMILES string of the molecule is CCC(C)(NC(=O)CNC(=O)CN)c1nc(C)cs1. The normalized spacial score (nSPS) is 13.7. The number of nitrogens with zero attached hydrogens (tertiary/aromatic N) is 1. The maximum Gasteiger partial charge on any atom is 0.240 e. The summed E-state index contributed by atoms with van der Waals surface area (Å²) in [5.74, 6) is -0.600. The average Bonchev–Trinajstić information content (AvgIpc) is 2.83. The molecule has 0 saturated carbocycles. The van der Waals surface area contributed by atoms with Crippen molar-refractivity contribution in [1.82, 2.24) is 15.6 Å². The molecule has 7 heteroatoms. The Balaban J connectivity index is 2.65.